The predicted octanol–water partition coefficient (Wildman–Crippen LogP) is 5.41. The van der Waals surface area contributed by atoms with Crippen molar-refractivity contribution in [2.45, 2.75) is 18.9 Å². The molecule has 0 unspecified atom stereocenters. The lowest BCUT2D eigenvalue weighted by atomic mass is 10.00. The van der Waals surface area contributed by atoms with Crippen molar-refractivity contribution < 1.29 is 0 Å². The van der Waals surface area contributed by atoms with E-state index in [0.717, 1.165) is 24.0 Å². The van der Waals surface area contributed by atoms with Crippen LogP contribution in [0.1, 0.15) is 11.1 Å². The van der Waals surface area contributed by atoms with E-state index >= 15 is 0 Å². The molecule has 2 aromatic carbocycles. The van der Waals surface area contributed by atoms with Gasteiger partial charge in [0.15, 0.2) is 0 Å². The van der Waals surface area contributed by atoms with Crippen LogP contribution in [0.4, 0.5) is 0 Å². The van der Waals surface area contributed by atoms with E-state index in [1.165, 1.54) is 0 Å². The van der Waals surface area contributed by atoms with Gasteiger partial charge in [-0.05, 0) is 48.2 Å². The van der Waals surface area contributed by atoms with Crippen LogP contribution in [0.15, 0.2) is 36.4 Å². The molecular formula is C15H13Cl4N. The normalized spacial score (nSPS) is 11.1. The molecule has 20 heavy (non-hydrogen) atoms. The SMILES string of the molecule is NC(Cc1ccc(Cl)c(Cl)c1)Cc1ccc(Cl)c(Cl)c1. The Kier molecular flexibility index (Phi) is 5.59. The van der Waals surface area contributed by atoms with Gasteiger partial charge in [-0.25, -0.2) is 0 Å². The molecule has 0 atom stereocenters. The van der Waals surface area contributed by atoms with Crippen molar-refractivity contribution in [3.05, 3.63) is 67.6 Å². The largest absolute Gasteiger partial charge is 0.327 e. The van der Waals surface area contributed by atoms with Crippen LogP contribution in [0.5, 0.6) is 0 Å². The third-order valence-corrected chi connectivity index (χ3v) is 4.44. The molecule has 0 radical (unpaired) electrons. The molecule has 5 heteroatoms. The highest BCUT2D eigenvalue weighted by atomic mass is 35.5. The van der Waals surface area contributed by atoms with Crippen molar-refractivity contribution in [3.8, 4) is 0 Å². The van der Waals surface area contributed by atoms with E-state index < -0.39 is 0 Å². The fourth-order valence-corrected chi connectivity index (χ4v) is 2.65. The molecule has 0 bridgehead atoms. The number of rotatable bonds is 4. The van der Waals surface area contributed by atoms with Gasteiger partial charge in [-0.3, -0.25) is 0 Å². The topological polar surface area (TPSA) is 26.0 Å². The monoisotopic (exact) mass is 347 g/mol. The fourth-order valence-electron chi connectivity index (χ4n) is 2.01. The van der Waals surface area contributed by atoms with Crippen LogP contribution in [0.2, 0.25) is 20.1 Å². The highest BCUT2D eigenvalue weighted by molar-refractivity contribution is 6.42. The number of halogens is 4. The van der Waals surface area contributed by atoms with Gasteiger partial charge in [-0.2, -0.15) is 0 Å². The Hall–Kier alpha value is -0.440. The second kappa shape index (κ2) is 7.02. The minimum absolute atomic E-state index is 0.0236. The molecule has 2 aromatic rings. The molecule has 0 saturated carbocycles. The number of benzene rings is 2. The van der Waals surface area contributed by atoms with E-state index in [1.54, 1.807) is 12.1 Å². The first kappa shape index (κ1) is 15.9. The average Bonchev–Trinajstić information content (AvgIpc) is 2.38. The molecule has 2 N–H and O–H groups in total. The second-order valence-corrected chi connectivity index (χ2v) is 6.29. The molecule has 2 rings (SSSR count). The number of hydrogen-bond acceptors (Lipinski definition) is 1. The lowest BCUT2D eigenvalue weighted by Crippen LogP contribution is -2.25. The van der Waals surface area contributed by atoms with Gasteiger partial charge < -0.3 is 5.73 Å². The van der Waals surface area contributed by atoms with Crippen molar-refractivity contribution in [3.63, 3.8) is 0 Å². The average molecular weight is 349 g/mol. The zero-order chi connectivity index (χ0) is 14.7. The number of nitrogens with two attached hydrogens (primary N) is 1. The minimum Gasteiger partial charge on any atom is -0.327 e. The minimum atomic E-state index is -0.0236. The smallest absolute Gasteiger partial charge is 0.0595 e. The summed E-state index contributed by atoms with van der Waals surface area (Å²) in [4.78, 5) is 0. The summed E-state index contributed by atoms with van der Waals surface area (Å²) >= 11 is 23.8. The first-order valence-electron chi connectivity index (χ1n) is 6.09. The van der Waals surface area contributed by atoms with Crippen LogP contribution in [0.25, 0.3) is 0 Å². The lowest BCUT2D eigenvalue weighted by molar-refractivity contribution is 0.665. The Balaban J connectivity index is 2.02. The summed E-state index contributed by atoms with van der Waals surface area (Å²) in [6.07, 6.45) is 1.44. The predicted molar refractivity (Wildman–Crippen MR) is 88.3 cm³/mol. The van der Waals surface area contributed by atoms with Gasteiger partial charge >= 0.3 is 0 Å². The molecule has 0 spiro atoms. The van der Waals surface area contributed by atoms with E-state index in [1.807, 2.05) is 24.3 Å². The maximum Gasteiger partial charge on any atom is 0.0595 e. The van der Waals surface area contributed by atoms with Crippen LogP contribution < -0.4 is 5.73 Å². The van der Waals surface area contributed by atoms with Crippen molar-refractivity contribution in [2.24, 2.45) is 5.73 Å². The maximum atomic E-state index is 6.16. The van der Waals surface area contributed by atoms with Crippen LogP contribution in [0.3, 0.4) is 0 Å². The van der Waals surface area contributed by atoms with E-state index in [9.17, 15) is 0 Å². The van der Waals surface area contributed by atoms with E-state index in [0.29, 0.717) is 20.1 Å². The van der Waals surface area contributed by atoms with Gasteiger partial charge in [0, 0.05) is 6.04 Å². The van der Waals surface area contributed by atoms with Crippen molar-refractivity contribution in [1.82, 2.24) is 0 Å². The Labute approximate surface area is 138 Å². The third-order valence-electron chi connectivity index (χ3n) is 2.96. The molecule has 0 aromatic heterocycles. The quantitative estimate of drug-likeness (QED) is 0.785. The Bertz CT molecular complexity index is 559. The maximum absolute atomic E-state index is 6.16. The molecular weight excluding hydrogens is 336 g/mol. The van der Waals surface area contributed by atoms with Gasteiger partial charge in [0.05, 0.1) is 20.1 Å². The van der Waals surface area contributed by atoms with Crippen LogP contribution in [-0.4, -0.2) is 6.04 Å². The van der Waals surface area contributed by atoms with Gasteiger partial charge in [-0.15, -0.1) is 0 Å². The molecule has 1 nitrogen and oxygen atoms in total. The molecule has 0 saturated heterocycles. The first-order chi connectivity index (χ1) is 9.45. The molecule has 0 heterocycles. The van der Waals surface area contributed by atoms with E-state index in [2.05, 4.69) is 0 Å². The van der Waals surface area contributed by atoms with E-state index in [4.69, 9.17) is 52.1 Å². The summed E-state index contributed by atoms with van der Waals surface area (Å²) in [6, 6.07) is 11.1. The van der Waals surface area contributed by atoms with Gasteiger partial charge in [-0.1, -0.05) is 58.5 Å². The first-order valence-corrected chi connectivity index (χ1v) is 7.60. The van der Waals surface area contributed by atoms with Gasteiger partial charge in [0.25, 0.3) is 0 Å². The summed E-state index contributed by atoms with van der Waals surface area (Å²) in [7, 11) is 0. The standard InChI is InChI=1S/C15H13Cl4N/c16-12-3-1-9(7-14(12)18)5-11(20)6-10-2-4-13(17)15(19)8-10/h1-4,7-8,11H,5-6,20H2. The van der Waals surface area contributed by atoms with Crippen molar-refractivity contribution in [1.29, 1.82) is 0 Å². The second-order valence-electron chi connectivity index (χ2n) is 4.67. The van der Waals surface area contributed by atoms with Crippen molar-refractivity contribution in [2.75, 3.05) is 0 Å². The van der Waals surface area contributed by atoms with Gasteiger partial charge in [0.2, 0.25) is 0 Å². The van der Waals surface area contributed by atoms with Crippen LogP contribution in [0, 0.1) is 0 Å². The molecule has 0 aliphatic heterocycles. The molecule has 0 aliphatic carbocycles. The molecule has 106 valence electrons. The highest BCUT2D eigenvalue weighted by Crippen LogP contribution is 2.25. The van der Waals surface area contributed by atoms with E-state index in [-0.39, 0.29) is 6.04 Å². The zero-order valence-electron chi connectivity index (χ0n) is 10.5. The Morgan fingerprint density at radius 1 is 0.700 bits per heavy atom. The van der Waals surface area contributed by atoms with Crippen LogP contribution >= 0.6 is 46.4 Å². The van der Waals surface area contributed by atoms with Gasteiger partial charge in [0.1, 0.15) is 0 Å². The molecule has 0 amide bonds. The zero-order valence-corrected chi connectivity index (χ0v) is 13.6. The molecule has 0 fully saturated rings. The Morgan fingerprint density at radius 3 is 1.45 bits per heavy atom. The summed E-state index contributed by atoms with van der Waals surface area (Å²) in [5, 5.41) is 2.19. The molecule has 0 aliphatic rings. The number of hydrogen-bond donors (Lipinski definition) is 1. The summed E-state index contributed by atoms with van der Waals surface area (Å²) in [6.45, 7) is 0. The third kappa shape index (κ3) is 4.28. The summed E-state index contributed by atoms with van der Waals surface area (Å²) in [5.74, 6) is 0. The Morgan fingerprint density at radius 2 is 1.10 bits per heavy atom. The highest BCUT2D eigenvalue weighted by Gasteiger charge is 2.08. The lowest BCUT2D eigenvalue weighted by Gasteiger charge is -2.13. The van der Waals surface area contributed by atoms with Crippen molar-refractivity contribution >= 4 is 46.4 Å². The fraction of sp³-hybridized carbons (Fsp3) is 0.200. The summed E-state index contributed by atoms with van der Waals surface area (Å²) < 4.78 is 0. The van der Waals surface area contributed by atoms with Crippen LogP contribution in [-0.2, 0) is 12.8 Å². The summed E-state index contributed by atoms with van der Waals surface area (Å²) in [5.41, 5.74) is 8.29.